The average Bonchev–Trinajstić information content (AvgIpc) is 3.63. The summed E-state index contributed by atoms with van der Waals surface area (Å²) in [5.74, 6) is -0.0457. The van der Waals surface area contributed by atoms with Gasteiger partial charge in [0.2, 0.25) is 0 Å². The van der Waals surface area contributed by atoms with Gasteiger partial charge in [0.15, 0.2) is 18.7 Å². The van der Waals surface area contributed by atoms with Gasteiger partial charge in [-0.2, -0.15) is 0 Å². The van der Waals surface area contributed by atoms with Crippen molar-refractivity contribution in [3.8, 4) is 0 Å². The van der Waals surface area contributed by atoms with Crippen LogP contribution in [0.4, 0.5) is 0 Å². The molecule has 6 N–H and O–H groups in total. The van der Waals surface area contributed by atoms with E-state index in [1.54, 1.807) is 6.08 Å². The van der Waals surface area contributed by atoms with E-state index in [1.165, 1.54) is 6.92 Å². The van der Waals surface area contributed by atoms with Crippen LogP contribution in [0.15, 0.2) is 11.6 Å². The van der Waals surface area contributed by atoms with E-state index in [9.17, 15) is 40.2 Å². The molecule has 0 aromatic carbocycles. The molecule has 0 unspecified atom stereocenters. The molecule has 14 heteroatoms. The lowest BCUT2D eigenvalue weighted by molar-refractivity contribution is -0.355. The lowest BCUT2D eigenvalue weighted by atomic mass is 9.43. The number of aliphatic hydroxyl groups excluding tert-OH is 5. The summed E-state index contributed by atoms with van der Waals surface area (Å²) >= 11 is 0. The number of fused-ring (bicyclic) bond motifs is 5. The van der Waals surface area contributed by atoms with Crippen molar-refractivity contribution in [3.05, 3.63) is 11.6 Å². The predicted octanol–water partition coefficient (Wildman–Crippen LogP) is 0.463. The van der Waals surface area contributed by atoms with Crippen molar-refractivity contribution in [2.24, 2.45) is 34.5 Å². The zero-order chi connectivity index (χ0) is 35.7. The van der Waals surface area contributed by atoms with Gasteiger partial charge in [-0.25, -0.2) is 4.79 Å². The number of carbonyl (C=O) groups excluding carboxylic acids is 2. The van der Waals surface area contributed by atoms with Crippen LogP contribution < -0.4 is 0 Å². The molecule has 0 bridgehead atoms. The van der Waals surface area contributed by atoms with Gasteiger partial charge in [0.25, 0.3) is 0 Å². The SMILES string of the molecule is CC(=O)O[C@H]1[C@@H](O)[C@H](O[C@H]2CC[C@@]3(C)[C@H](CC[C@@H]4[C@@H]3CC[C@]3(C)[C@@H](C5=CC(=O)OC5)CC[C@]43O)C2)O[C@H](CO)[C@H]1O[C@@H]1OC[C@@H](O)[C@H](O)[C@H]1O. The maximum Gasteiger partial charge on any atom is 0.331 e. The molecule has 0 aromatic rings. The Bertz CT molecular complexity index is 1330. The van der Waals surface area contributed by atoms with Crippen LogP contribution in [0.3, 0.4) is 0 Å². The summed E-state index contributed by atoms with van der Waals surface area (Å²) in [6.07, 6.45) is -3.61. The summed E-state index contributed by atoms with van der Waals surface area (Å²) in [7, 11) is 0. The number of aliphatic hydroxyl groups is 6. The van der Waals surface area contributed by atoms with Crippen molar-refractivity contribution in [2.45, 2.75) is 146 Å². The first-order chi connectivity index (χ1) is 23.7. The Balaban J connectivity index is 1.02. The highest BCUT2D eigenvalue weighted by Gasteiger charge is 2.68. The quantitative estimate of drug-likeness (QED) is 0.157. The smallest absolute Gasteiger partial charge is 0.331 e. The van der Waals surface area contributed by atoms with Gasteiger partial charge in [0, 0.05) is 18.4 Å². The molecule has 2 saturated heterocycles. The third kappa shape index (κ3) is 5.95. The lowest BCUT2D eigenvalue weighted by Gasteiger charge is -2.64. The van der Waals surface area contributed by atoms with Gasteiger partial charge < -0.3 is 59.1 Å². The van der Waals surface area contributed by atoms with Crippen LogP contribution in [-0.4, -0.2) is 129 Å². The first kappa shape index (κ1) is 36.6. The molecule has 0 aromatic heterocycles. The summed E-state index contributed by atoms with van der Waals surface area (Å²) in [5, 5.41) is 64.6. The number of esters is 2. The summed E-state index contributed by atoms with van der Waals surface area (Å²) in [4.78, 5) is 24.0. The highest BCUT2D eigenvalue weighted by atomic mass is 16.7. The van der Waals surface area contributed by atoms with E-state index in [0.29, 0.717) is 24.9 Å². The maximum atomic E-state index is 12.5. The minimum atomic E-state index is -1.65. The molecule has 4 aliphatic carbocycles. The fourth-order valence-corrected chi connectivity index (χ4v) is 11.4. The second kappa shape index (κ2) is 13.6. The van der Waals surface area contributed by atoms with Gasteiger partial charge in [0.1, 0.15) is 43.2 Å². The van der Waals surface area contributed by atoms with E-state index in [2.05, 4.69) is 13.8 Å². The molecule has 7 rings (SSSR count). The van der Waals surface area contributed by atoms with Crippen molar-refractivity contribution in [1.82, 2.24) is 0 Å². The summed E-state index contributed by atoms with van der Waals surface area (Å²) in [5.41, 5.74) is -0.111. The first-order valence-electron chi connectivity index (χ1n) is 18.4. The molecule has 3 heterocycles. The molecule has 14 nitrogen and oxygen atoms in total. The van der Waals surface area contributed by atoms with E-state index in [1.807, 2.05) is 0 Å². The fraction of sp³-hybridized carbons (Fsp3) is 0.889. The number of hydrogen-bond donors (Lipinski definition) is 6. The van der Waals surface area contributed by atoms with Crippen LogP contribution in [-0.2, 0) is 38.0 Å². The molecular formula is C36H54O14. The highest BCUT2D eigenvalue weighted by Crippen LogP contribution is 2.70. The zero-order valence-corrected chi connectivity index (χ0v) is 29.1. The van der Waals surface area contributed by atoms with Crippen molar-refractivity contribution < 1.29 is 68.6 Å². The topological polar surface area (TPSA) is 211 Å². The van der Waals surface area contributed by atoms with Crippen molar-refractivity contribution in [1.29, 1.82) is 0 Å². The standard InChI is InChI=1S/C36H54O14/c1-17(38)47-31-29(43)33(49-25(14-37)30(31)50-32-28(42)27(41)24(39)16-46-32)48-20-6-9-34(2)19(13-20)4-5-23-22(34)7-10-35(3)21(8-11-36(23,35)44)18-12-26(40)45-15-18/h12,19-25,27-33,37,39,41-44H,4-11,13-16H2,1-3H3/t19-,20+,21-,22+,23-,24-,25-,27+,28-,29-,30-,31+,32+,33-,34+,35-,36+/m1/s1. The normalized spacial score (nSPS) is 51.9. The Labute approximate surface area is 292 Å². The Kier molecular flexibility index (Phi) is 9.97. The van der Waals surface area contributed by atoms with Gasteiger partial charge in [-0.1, -0.05) is 13.8 Å². The average molecular weight is 711 g/mol. The van der Waals surface area contributed by atoms with Crippen LogP contribution in [0.5, 0.6) is 0 Å². The summed E-state index contributed by atoms with van der Waals surface area (Å²) in [6, 6.07) is 0. The monoisotopic (exact) mass is 710 g/mol. The van der Waals surface area contributed by atoms with Gasteiger partial charge >= 0.3 is 11.9 Å². The van der Waals surface area contributed by atoms with Crippen LogP contribution in [0.2, 0.25) is 0 Å². The molecule has 0 amide bonds. The molecule has 7 aliphatic rings. The van der Waals surface area contributed by atoms with Gasteiger partial charge in [-0.15, -0.1) is 0 Å². The number of cyclic esters (lactones) is 1. The molecule has 50 heavy (non-hydrogen) atoms. The highest BCUT2D eigenvalue weighted by molar-refractivity contribution is 5.85. The van der Waals surface area contributed by atoms with Crippen LogP contribution >= 0.6 is 0 Å². The second-order valence-electron chi connectivity index (χ2n) is 16.5. The molecule has 4 saturated carbocycles. The van der Waals surface area contributed by atoms with E-state index in [4.69, 9.17) is 28.4 Å². The van der Waals surface area contributed by atoms with Gasteiger partial charge in [0.05, 0.1) is 24.9 Å². The first-order valence-corrected chi connectivity index (χ1v) is 18.4. The number of carbonyl (C=O) groups is 2. The Hall–Kier alpha value is -1.72. The molecule has 0 spiro atoms. The summed E-state index contributed by atoms with van der Waals surface area (Å²) in [6.45, 7) is 5.15. The third-order valence-corrected chi connectivity index (χ3v) is 14.1. The van der Waals surface area contributed by atoms with E-state index in [0.717, 1.165) is 56.9 Å². The third-order valence-electron chi connectivity index (χ3n) is 14.1. The zero-order valence-electron chi connectivity index (χ0n) is 29.1. The Morgan fingerprint density at radius 3 is 2.40 bits per heavy atom. The number of ether oxygens (including phenoxy) is 6. The molecule has 6 fully saturated rings. The fourth-order valence-electron chi connectivity index (χ4n) is 11.4. The molecule has 3 aliphatic heterocycles. The van der Waals surface area contributed by atoms with Crippen molar-refractivity contribution >= 4 is 11.9 Å². The minimum Gasteiger partial charge on any atom is -0.458 e. The predicted molar refractivity (Wildman–Crippen MR) is 171 cm³/mol. The Morgan fingerprint density at radius 2 is 1.70 bits per heavy atom. The lowest BCUT2D eigenvalue weighted by Crippen LogP contribution is -2.64. The minimum absolute atomic E-state index is 0.0124. The van der Waals surface area contributed by atoms with Crippen LogP contribution in [0, 0.1) is 34.5 Å². The molecule has 0 radical (unpaired) electrons. The van der Waals surface area contributed by atoms with Gasteiger partial charge in [-0.05, 0) is 92.4 Å². The van der Waals surface area contributed by atoms with E-state index >= 15 is 0 Å². The van der Waals surface area contributed by atoms with Crippen molar-refractivity contribution in [3.63, 3.8) is 0 Å². The van der Waals surface area contributed by atoms with Crippen LogP contribution in [0.25, 0.3) is 0 Å². The largest absolute Gasteiger partial charge is 0.458 e. The van der Waals surface area contributed by atoms with E-state index in [-0.39, 0.29) is 41.3 Å². The van der Waals surface area contributed by atoms with Gasteiger partial charge in [-0.3, -0.25) is 4.79 Å². The van der Waals surface area contributed by atoms with E-state index < -0.39 is 73.5 Å². The van der Waals surface area contributed by atoms with Crippen molar-refractivity contribution in [2.75, 3.05) is 19.8 Å². The summed E-state index contributed by atoms with van der Waals surface area (Å²) < 4.78 is 34.4. The maximum absolute atomic E-state index is 12.5. The molecule has 17 atom stereocenters. The molecule has 282 valence electrons. The number of rotatable bonds is 7. The second-order valence-corrected chi connectivity index (χ2v) is 16.5. The molecular weight excluding hydrogens is 656 g/mol. The number of hydrogen-bond acceptors (Lipinski definition) is 14. The van der Waals surface area contributed by atoms with Crippen LogP contribution in [0.1, 0.15) is 78.6 Å². The Morgan fingerprint density at radius 1 is 0.920 bits per heavy atom.